The topological polar surface area (TPSA) is 126 Å². The van der Waals surface area contributed by atoms with Gasteiger partial charge in [-0.3, -0.25) is 9.78 Å². The minimum absolute atomic E-state index is 0.00560. The Morgan fingerprint density at radius 1 is 1.03 bits per heavy atom. The summed E-state index contributed by atoms with van der Waals surface area (Å²) in [5.74, 6) is -4.63. The molecule has 0 saturated carbocycles. The van der Waals surface area contributed by atoms with Crippen molar-refractivity contribution in [2.75, 3.05) is 6.54 Å². The number of aryl methyl sites for hydroxylation is 2. The first-order valence-electron chi connectivity index (χ1n) is 9.28. The van der Waals surface area contributed by atoms with Crippen LogP contribution in [0.25, 0.3) is 0 Å². The largest absolute Gasteiger partial charge is 0.490 e. The average molecular weight is 500 g/mol. The van der Waals surface area contributed by atoms with Crippen molar-refractivity contribution in [3.8, 4) is 0 Å². The van der Waals surface area contributed by atoms with E-state index in [1.165, 1.54) is 0 Å². The van der Waals surface area contributed by atoms with Crippen LogP contribution in [0.15, 0.2) is 30.9 Å². The van der Waals surface area contributed by atoms with Crippen LogP contribution in [-0.4, -0.2) is 66.4 Å². The molecular weight excluding hydrogens is 478 g/mol. The highest BCUT2D eigenvalue weighted by Crippen LogP contribution is 2.14. The molecule has 2 aromatic heterocycles. The van der Waals surface area contributed by atoms with E-state index in [2.05, 4.69) is 16.9 Å². The van der Waals surface area contributed by atoms with Crippen molar-refractivity contribution in [2.45, 2.75) is 39.2 Å². The molecule has 0 atom stereocenters. The van der Waals surface area contributed by atoms with Crippen LogP contribution in [0.3, 0.4) is 0 Å². The number of aromatic nitrogens is 3. The van der Waals surface area contributed by atoms with E-state index in [0.717, 1.165) is 17.8 Å². The number of alkyl halides is 6. The minimum Gasteiger partial charge on any atom is -0.475 e. The van der Waals surface area contributed by atoms with Gasteiger partial charge in [0.2, 0.25) is 0 Å². The molecule has 2 heterocycles. The molecule has 0 aliphatic rings. The maximum Gasteiger partial charge on any atom is 0.490 e. The maximum absolute atomic E-state index is 12.6. The van der Waals surface area contributed by atoms with Crippen molar-refractivity contribution >= 4 is 17.8 Å². The van der Waals surface area contributed by atoms with Gasteiger partial charge in [-0.15, -0.1) is 0 Å². The van der Waals surface area contributed by atoms with E-state index in [1.807, 2.05) is 35.7 Å². The Morgan fingerprint density at radius 3 is 1.88 bits per heavy atom. The fraction of sp³-hybridized carbons (Fsp3) is 0.421. The summed E-state index contributed by atoms with van der Waals surface area (Å²) in [4.78, 5) is 40.6. The summed E-state index contributed by atoms with van der Waals surface area (Å²) in [5.41, 5.74) is 1.62. The Morgan fingerprint density at radius 2 is 1.53 bits per heavy atom. The third-order valence-electron chi connectivity index (χ3n) is 3.64. The molecule has 0 saturated heterocycles. The van der Waals surface area contributed by atoms with Crippen LogP contribution in [0.4, 0.5) is 26.3 Å². The lowest BCUT2D eigenvalue weighted by Gasteiger charge is -2.22. The minimum atomic E-state index is -5.08. The normalized spacial score (nSPS) is 10.9. The van der Waals surface area contributed by atoms with Gasteiger partial charge in [-0.25, -0.2) is 14.6 Å². The molecule has 0 radical (unpaired) electrons. The van der Waals surface area contributed by atoms with E-state index in [0.29, 0.717) is 18.7 Å². The van der Waals surface area contributed by atoms with Crippen LogP contribution in [0.5, 0.6) is 0 Å². The van der Waals surface area contributed by atoms with Gasteiger partial charge in [0.1, 0.15) is 5.82 Å². The zero-order valence-electron chi connectivity index (χ0n) is 18.2. The summed E-state index contributed by atoms with van der Waals surface area (Å²) in [6.45, 7) is 5.23. The molecule has 2 rings (SSSR count). The van der Waals surface area contributed by atoms with Gasteiger partial charge in [0.15, 0.2) is 0 Å². The van der Waals surface area contributed by atoms with E-state index in [4.69, 9.17) is 19.8 Å². The van der Waals surface area contributed by atoms with E-state index < -0.39 is 24.3 Å². The molecule has 9 nitrogen and oxygen atoms in total. The van der Waals surface area contributed by atoms with Gasteiger partial charge in [-0.2, -0.15) is 26.3 Å². The summed E-state index contributed by atoms with van der Waals surface area (Å²) in [7, 11) is 1.94. The van der Waals surface area contributed by atoms with Crippen molar-refractivity contribution in [3.05, 3.63) is 47.8 Å². The summed E-state index contributed by atoms with van der Waals surface area (Å²) in [6.07, 6.45) is -2.25. The van der Waals surface area contributed by atoms with Crippen molar-refractivity contribution in [2.24, 2.45) is 7.05 Å². The van der Waals surface area contributed by atoms with Gasteiger partial charge < -0.3 is 19.7 Å². The van der Waals surface area contributed by atoms with Gasteiger partial charge in [-0.1, -0.05) is 6.92 Å². The van der Waals surface area contributed by atoms with Gasteiger partial charge in [-0.05, 0) is 25.0 Å². The summed E-state index contributed by atoms with van der Waals surface area (Å²) >= 11 is 0. The van der Waals surface area contributed by atoms with Gasteiger partial charge in [0, 0.05) is 38.4 Å². The second-order valence-corrected chi connectivity index (χ2v) is 6.54. The zero-order valence-corrected chi connectivity index (χ0v) is 18.2. The number of carboxylic acids is 2. The predicted octanol–water partition coefficient (Wildman–Crippen LogP) is 3.44. The number of hydrogen-bond donors (Lipinski definition) is 2. The Balaban J connectivity index is 0.000000642. The number of carbonyl (C=O) groups is 3. The van der Waals surface area contributed by atoms with Crippen LogP contribution in [0, 0.1) is 6.92 Å². The smallest absolute Gasteiger partial charge is 0.475 e. The van der Waals surface area contributed by atoms with E-state index >= 15 is 0 Å². The van der Waals surface area contributed by atoms with Crippen LogP contribution >= 0.6 is 0 Å². The molecule has 1 amide bonds. The molecule has 0 fully saturated rings. The fourth-order valence-corrected chi connectivity index (χ4v) is 2.10. The monoisotopic (exact) mass is 500 g/mol. The molecule has 34 heavy (non-hydrogen) atoms. The second-order valence-electron chi connectivity index (χ2n) is 6.54. The zero-order chi connectivity index (χ0) is 26.7. The quantitative estimate of drug-likeness (QED) is 0.603. The van der Waals surface area contributed by atoms with E-state index in [1.54, 1.807) is 18.6 Å². The Kier molecular flexibility index (Phi) is 11.7. The number of rotatable bonds is 5. The SMILES string of the molecule is CCCN(Cc1nccn1C)C(=O)c1cncc(C)c1.O=C(O)C(F)(F)F.O=C(O)C(F)(F)F. The number of aliphatic carboxylic acids is 2. The first-order valence-corrected chi connectivity index (χ1v) is 9.28. The standard InChI is InChI=1S/C15H20N4O.2C2HF3O2/c1-4-6-19(11-14-17-5-7-18(14)3)15(20)13-8-12(2)9-16-10-13;2*3-2(4,5)1(6)7/h5,7-10H,4,6,11H2,1-3H3;2*(H,6,7). The first-order chi connectivity index (χ1) is 15.5. The number of halogens is 6. The highest BCUT2D eigenvalue weighted by atomic mass is 19.4. The van der Waals surface area contributed by atoms with Crippen LogP contribution in [0.1, 0.15) is 35.1 Å². The Hall–Kier alpha value is -3.65. The lowest BCUT2D eigenvalue weighted by molar-refractivity contribution is -0.193. The highest BCUT2D eigenvalue weighted by Gasteiger charge is 2.38. The molecular formula is C19H22F6N4O5. The van der Waals surface area contributed by atoms with Crippen molar-refractivity contribution in [1.29, 1.82) is 0 Å². The number of nitrogens with zero attached hydrogens (tertiary/aromatic N) is 4. The third kappa shape index (κ3) is 11.3. The van der Waals surface area contributed by atoms with Crippen LogP contribution < -0.4 is 0 Å². The maximum atomic E-state index is 12.6. The lowest BCUT2D eigenvalue weighted by atomic mass is 10.2. The average Bonchev–Trinajstić information content (AvgIpc) is 3.11. The molecule has 0 bridgehead atoms. The summed E-state index contributed by atoms with van der Waals surface area (Å²) < 4.78 is 65.4. The molecule has 15 heteroatoms. The number of amides is 1. The number of carboxylic acid groups (broad SMARTS) is 2. The molecule has 0 aliphatic heterocycles. The fourth-order valence-electron chi connectivity index (χ4n) is 2.10. The molecule has 0 spiro atoms. The Labute approximate surface area is 189 Å². The summed E-state index contributed by atoms with van der Waals surface area (Å²) in [5, 5.41) is 14.2. The predicted molar refractivity (Wildman–Crippen MR) is 105 cm³/mol. The van der Waals surface area contributed by atoms with Crippen LogP contribution in [-0.2, 0) is 23.2 Å². The van der Waals surface area contributed by atoms with Crippen molar-refractivity contribution < 1.29 is 50.9 Å². The number of imidazole rings is 1. The molecule has 2 aromatic rings. The van der Waals surface area contributed by atoms with Gasteiger partial charge in [0.25, 0.3) is 5.91 Å². The summed E-state index contributed by atoms with van der Waals surface area (Å²) in [6, 6.07) is 1.87. The second kappa shape index (κ2) is 13.2. The van der Waals surface area contributed by atoms with Crippen LogP contribution in [0.2, 0.25) is 0 Å². The Bertz CT molecular complexity index is 935. The third-order valence-corrected chi connectivity index (χ3v) is 3.64. The van der Waals surface area contributed by atoms with E-state index in [9.17, 15) is 31.1 Å². The molecule has 0 aliphatic carbocycles. The molecule has 2 N–H and O–H groups in total. The number of pyridine rings is 1. The van der Waals surface area contributed by atoms with Gasteiger partial charge in [0.05, 0.1) is 12.1 Å². The molecule has 0 aromatic carbocycles. The van der Waals surface area contributed by atoms with Gasteiger partial charge >= 0.3 is 24.3 Å². The van der Waals surface area contributed by atoms with E-state index in [-0.39, 0.29) is 5.91 Å². The molecule has 190 valence electrons. The number of hydrogen-bond acceptors (Lipinski definition) is 5. The van der Waals surface area contributed by atoms with Crippen molar-refractivity contribution in [1.82, 2.24) is 19.4 Å². The highest BCUT2D eigenvalue weighted by molar-refractivity contribution is 5.94. The number of carbonyl (C=O) groups excluding carboxylic acids is 1. The molecule has 0 unspecified atom stereocenters. The van der Waals surface area contributed by atoms with Crippen molar-refractivity contribution in [3.63, 3.8) is 0 Å². The lowest BCUT2D eigenvalue weighted by Crippen LogP contribution is -2.32. The first kappa shape index (κ1) is 30.4.